The lowest BCUT2D eigenvalue weighted by molar-refractivity contribution is 0.0674. The molecule has 0 aliphatic carbocycles. The van der Waals surface area contributed by atoms with Crippen LogP contribution in [0.1, 0.15) is 34.6 Å². The van der Waals surface area contributed by atoms with E-state index in [0.717, 1.165) is 33.4 Å². The molecular weight excluding hydrogens is 431 g/mol. The summed E-state index contributed by atoms with van der Waals surface area (Å²) >= 11 is 12.5. The van der Waals surface area contributed by atoms with Crippen molar-refractivity contribution in [3.05, 3.63) is 81.6 Å². The summed E-state index contributed by atoms with van der Waals surface area (Å²) < 4.78 is 1.86. The summed E-state index contributed by atoms with van der Waals surface area (Å²) in [7, 11) is 1.91. The molecule has 5 nitrogen and oxygen atoms in total. The summed E-state index contributed by atoms with van der Waals surface area (Å²) in [6.45, 7) is 2.64. The standard InChI is InChI=1S/C24H20Cl2N4O/c1-14-22-20(23(29(2)28-22)17-11-18(25)13-19(26)12-17)7-9-30(14)24(31)16-5-6-21-15(10-16)4-3-8-27-21/h3-6,8,10-14H,7,9H2,1-2H3. The Balaban J connectivity index is 1.50. The highest BCUT2D eigenvalue weighted by Crippen LogP contribution is 2.37. The molecule has 0 N–H and O–H groups in total. The van der Waals surface area contributed by atoms with Gasteiger partial charge in [0, 0.05) is 51.9 Å². The van der Waals surface area contributed by atoms with Gasteiger partial charge in [-0.05, 0) is 55.8 Å². The molecule has 2 aromatic heterocycles. The monoisotopic (exact) mass is 450 g/mol. The first-order valence-corrected chi connectivity index (χ1v) is 10.9. The zero-order valence-electron chi connectivity index (χ0n) is 17.1. The molecule has 0 bridgehead atoms. The van der Waals surface area contributed by atoms with Crippen LogP contribution < -0.4 is 0 Å². The molecule has 7 heteroatoms. The number of rotatable bonds is 2. The Kier molecular flexibility index (Phi) is 4.95. The van der Waals surface area contributed by atoms with Gasteiger partial charge in [0.1, 0.15) is 0 Å². The second kappa shape index (κ2) is 7.66. The Hall–Kier alpha value is -2.89. The number of hydrogen-bond donors (Lipinski definition) is 0. The SMILES string of the molecule is CC1c2nn(C)c(-c3cc(Cl)cc(Cl)c3)c2CCN1C(=O)c1ccc2ncccc2c1. The number of aromatic nitrogens is 3. The van der Waals surface area contributed by atoms with E-state index in [0.29, 0.717) is 28.6 Å². The highest BCUT2D eigenvalue weighted by molar-refractivity contribution is 6.35. The number of nitrogens with zero attached hydrogens (tertiary/aromatic N) is 4. The van der Waals surface area contributed by atoms with E-state index in [-0.39, 0.29) is 11.9 Å². The summed E-state index contributed by atoms with van der Waals surface area (Å²) in [6, 6.07) is 14.9. The Bertz CT molecular complexity index is 1310. The first kappa shape index (κ1) is 20.0. The van der Waals surface area contributed by atoms with Gasteiger partial charge in [0.05, 0.1) is 22.9 Å². The fourth-order valence-electron chi connectivity index (χ4n) is 4.45. The Morgan fingerprint density at radius 1 is 1.10 bits per heavy atom. The van der Waals surface area contributed by atoms with Crippen molar-refractivity contribution in [2.45, 2.75) is 19.4 Å². The average Bonchev–Trinajstić information content (AvgIpc) is 3.09. The molecule has 1 aliphatic rings. The molecule has 0 saturated carbocycles. The zero-order chi connectivity index (χ0) is 21.7. The molecule has 1 amide bonds. The quantitative estimate of drug-likeness (QED) is 0.393. The number of hydrogen-bond acceptors (Lipinski definition) is 3. The third-order valence-electron chi connectivity index (χ3n) is 5.89. The molecular formula is C24H20Cl2N4O. The second-order valence-corrected chi connectivity index (χ2v) is 8.70. The van der Waals surface area contributed by atoms with Gasteiger partial charge in [0.25, 0.3) is 5.91 Å². The molecule has 4 aromatic rings. The molecule has 2 aromatic carbocycles. The van der Waals surface area contributed by atoms with Crippen LogP contribution in [-0.4, -0.2) is 32.1 Å². The zero-order valence-corrected chi connectivity index (χ0v) is 18.7. The van der Waals surface area contributed by atoms with Crippen molar-refractivity contribution in [1.82, 2.24) is 19.7 Å². The van der Waals surface area contributed by atoms with E-state index in [4.69, 9.17) is 28.3 Å². The number of fused-ring (bicyclic) bond motifs is 2. The van der Waals surface area contributed by atoms with Crippen LogP contribution in [0.2, 0.25) is 10.0 Å². The van der Waals surface area contributed by atoms with Gasteiger partial charge in [0.2, 0.25) is 0 Å². The predicted molar refractivity (Wildman–Crippen MR) is 124 cm³/mol. The van der Waals surface area contributed by atoms with Gasteiger partial charge >= 0.3 is 0 Å². The summed E-state index contributed by atoms with van der Waals surface area (Å²) in [5.74, 6) is 0.00176. The second-order valence-electron chi connectivity index (χ2n) is 7.83. The van der Waals surface area contributed by atoms with E-state index >= 15 is 0 Å². The molecule has 5 rings (SSSR count). The van der Waals surface area contributed by atoms with Crippen molar-refractivity contribution in [2.75, 3.05) is 6.54 Å². The van der Waals surface area contributed by atoms with Gasteiger partial charge in [-0.3, -0.25) is 14.5 Å². The fraction of sp³-hybridized carbons (Fsp3) is 0.208. The van der Waals surface area contributed by atoms with Crippen LogP contribution >= 0.6 is 23.2 Å². The number of carbonyl (C=O) groups is 1. The van der Waals surface area contributed by atoms with Crippen LogP contribution in [0.15, 0.2) is 54.7 Å². The molecule has 1 aliphatic heterocycles. The third kappa shape index (κ3) is 3.48. The molecule has 0 saturated heterocycles. The normalized spacial score (nSPS) is 15.9. The number of aryl methyl sites for hydroxylation is 1. The van der Waals surface area contributed by atoms with E-state index in [1.807, 2.05) is 66.0 Å². The van der Waals surface area contributed by atoms with Crippen LogP contribution in [0, 0.1) is 0 Å². The number of halogens is 2. The maximum Gasteiger partial charge on any atom is 0.254 e. The van der Waals surface area contributed by atoms with Crippen molar-refractivity contribution in [1.29, 1.82) is 0 Å². The van der Waals surface area contributed by atoms with Crippen LogP contribution in [0.5, 0.6) is 0 Å². The smallest absolute Gasteiger partial charge is 0.254 e. The topological polar surface area (TPSA) is 51.0 Å². The van der Waals surface area contributed by atoms with E-state index in [1.54, 1.807) is 12.3 Å². The van der Waals surface area contributed by atoms with Gasteiger partial charge in [-0.1, -0.05) is 29.3 Å². The van der Waals surface area contributed by atoms with Crippen molar-refractivity contribution in [3.8, 4) is 11.3 Å². The maximum atomic E-state index is 13.4. The first-order chi connectivity index (χ1) is 14.9. The summed E-state index contributed by atoms with van der Waals surface area (Å²) in [5, 5.41) is 6.90. The average molecular weight is 451 g/mol. The molecule has 156 valence electrons. The van der Waals surface area contributed by atoms with Gasteiger partial charge in [0.15, 0.2) is 0 Å². The van der Waals surface area contributed by atoms with E-state index in [1.165, 1.54) is 0 Å². The largest absolute Gasteiger partial charge is 0.330 e. The molecule has 0 radical (unpaired) electrons. The summed E-state index contributed by atoms with van der Waals surface area (Å²) in [4.78, 5) is 19.6. The molecule has 3 heterocycles. The number of carbonyl (C=O) groups excluding carboxylic acids is 1. The van der Waals surface area contributed by atoms with Crippen LogP contribution in [0.3, 0.4) is 0 Å². The van der Waals surface area contributed by atoms with E-state index < -0.39 is 0 Å². The lowest BCUT2D eigenvalue weighted by atomic mass is 9.95. The van der Waals surface area contributed by atoms with Crippen LogP contribution in [0.25, 0.3) is 22.2 Å². The number of pyridine rings is 1. The van der Waals surface area contributed by atoms with Gasteiger partial charge in [-0.2, -0.15) is 5.10 Å². The summed E-state index contributed by atoms with van der Waals surface area (Å²) in [6.07, 6.45) is 2.47. The predicted octanol–water partition coefficient (Wildman–Crippen LogP) is 5.70. The Morgan fingerprint density at radius 2 is 1.87 bits per heavy atom. The van der Waals surface area contributed by atoms with E-state index in [2.05, 4.69) is 4.98 Å². The number of benzene rings is 2. The lowest BCUT2D eigenvalue weighted by Gasteiger charge is -2.33. The summed E-state index contributed by atoms with van der Waals surface area (Å²) in [5.41, 5.74) is 5.52. The maximum absolute atomic E-state index is 13.4. The fourth-order valence-corrected chi connectivity index (χ4v) is 4.97. The van der Waals surface area contributed by atoms with Crippen molar-refractivity contribution in [3.63, 3.8) is 0 Å². The molecule has 0 spiro atoms. The Morgan fingerprint density at radius 3 is 2.65 bits per heavy atom. The lowest BCUT2D eigenvalue weighted by Crippen LogP contribution is -2.38. The third-order valence-corrected chi connectivity index (χ3v) is 6.33. The minimum absolute atomic E-state index is 0.00176. The molecule has 0 fully saturated rings. The molecule has 1 unspecified atom stereocenters. The molecule has 1 atom stereocenters. The minimum Gasteiger partial charge on any atom is -0.330 e. The van der Waals surface area contributed by atoms with Crippen molar-refractivity contribution < 1.29 is 4.79 Å². The van der Waals surface area contributed by atoms with Gasteiger partial charge in [-0.25, -0.2) is 0 Å². The van der Waals surface area contributed by atoms with Gasteiger partial charge in [-0.15, -0.1) is 0 Å². The Labute approximate surface area is 190 Å². The highest BCUT2D eigenvalue weighted by atomic mass is 35.5. The minimum atomic E-state index is -0.143. The van der Waals surface area contributed by atoms with Crippen molar-refractivity contribution in [2.24, 2.45) is 7.05 Å². The number of amides is 1. The highest BCUT2D eigenvalue weighted by Gasteiger charge is 2.33. The van der Waals surface area contributed by atoms with Crippen LogP contribution in [-0.2, 0) is 13.5 Å². The van der Waals surface area contributed by atoms with Crippen molar-refractivity contribution >= 4 is 40.0 Å². The first-order valence-electron chi connectivity index (χ1n) is 10.1. The van der Waals surface area contributed by atoms with Gasteiger partial charge < -0.3 is 4.90 Å². The van der Waals surface area contributed by atoms with E-state index in [9.17, 15) is 4.79 Å². The van der Waals surface area contributed by atoms with Crippen LogP contribution in [0.4, 0.5) is 0 Å². The molecule has 31 heavy (non-hydrogen) atoms.